The monoisotopic (exact) mass is 210 g/mol. The predicted molar refractivity (Wildman–Crippen MR) is 58.1 cm³/mol. The van der Waals surface area contributed by atoms with Crippen LogP contribution >= 0.6 is 0 Å². The number of unbranched alkanes of at least 4 members (excludes halogenated alkanes) is 1. The zero-order chi connectivity index (χ0) is 11.1. The Morgan fingerprint density at radius 3 is 3.00 bits per heavy atom. The van der Waals surface area contributed by atoms with E-state index in [1.54, 1.807) is 19.4 Å². The average Bonchev–Trinajstić information content (AvgIpc) is 2.69. The number of rotatable bonds is 6. The van der Waals surface area contributed by atoms with Crippen LogP contribution in [0.2, 0.25) is 0 Å². The standard InChI is InChI=1S/C10H18N4O/c1-9(11)10(15)13-4-2-3-6-14-7-5-12-8-14/h5,7-9H,2-4,6,11H2,1H3,(H,13,15)/t9-/m1/s1. The second kappa shape index (κ2) is 6.19. The highest BCUT2D eigenvalue weighted by molar-refractivity contribution is 5.80. The van der Waals surface area contributed by atoms with Crippen molar-refractivity contribution < 1.29 is 4.79 Å². The second-order valence-electron chi connectivity index (χ2n) is 3.59. The van der Waals surface area contributed by atoms with Crippen LogP contribution in [0.25, 0.3) is 0 Å². The van der Waals surface area contributed by atoms with E-state index in [0.717, 1.165) is 19.4 Å². The van der Waals surface area contributed by atoms with Gasteiger partial charge < -0.3 is 15.6 Å². The van der Waals surface area contributed by atoms with Crippen molar-refractivity contribution in [1.82, 2.24) is 14.9 Å². The lowest BCUT2D eigenvalue weighted by Gasteiger charge is -2.07. The molecule has 5 nitrogen and oxygen atoms in total. The summed E-state index contributed by atoms with van der Waals surface area (Å²) >= 11 is 0. The van der Waals surface area contributed by atoms with Crippen molar-refractivity contribution in [2.45, 2.75) is 32.4 Å². The van der Waals surface area contributed by atoms with Crippen molar-refractivity contribution in [3.05, 3.63) is 18.7 Å². The van der Waals surface area contributed by atoms with Crippen molar-refractivity contribution >= 4 is 5.91 Å². The minimum Gasteiger partial charge on any atom is -0.355 e. The van der Waals surface area contributed by atoms with Gasteiger partial charge in [-0.1, -0.05) is 0 Å². The highest BCUT2D eigenvalue weighted by atomic mass is 16.2. The molecule has 1 aromatic heterocycles. The van der Waals surface area contributed by atoms with E-state index >= 15 is 0 Å². The second-order valence-corrected chi connectivity index (χ2v) is 3.59. The van der Waals surface area contributed by atoms with Gasteiger partial charge in [-0.15, -0.1) is 0 Å². The van der Waals surface area contributed by atoms with Gasteiger partial charge in [-0.3, -0.25) is 4.79 Å². The molecular formula is C10H18N4O. The van der Waals surface area contributed by atoms with Gasteiger partial charge in [0.1, 0.15) is 0 Å². The highest BCUT2D eigenvalue weighted by Gasteiger charge is 2.04. The lowest BCUT2D eigenvalue weighted by molar-refractivity contribution is -0.121. The first kappa shape index (κ1) is 11.7. The van der Waals surface area contributed by atoms with Gasteiger partial charge in [0.2, 0.25) is 5.91 Å². The molecular weight excluding hydrogens is 192 g/mol. The Morgan fingerprint density at radius 1 is 1.60 bits per heavy atom. The van der Waals surface area contributed by atoms with Gasteiger partial charge in [0, 0.05) is 25.5 Å². The lowest BCUT2D eigenvalue weighted by Crippen LogP contribution is -2.38. The van der Waals surface area contributed by atoms with Crippen LogP contribution in [-0.2, 0) is 11.3 Å². The molecule has 0 saturated heterocycles. The number of nitrogens with two attached hydrogens (primary N) is 1. The van der Waals surface area contributed by atoms with Crippen molar-refractivity contribution in [3.8, 4) is 0 Å². The Morgan fingerprint density at radius 2 is 2.40 bits per heavy atom. The minimum atomic E-state index is -0.418. The van der Waals surface area contributed by atoms with Gasteiger partial charge in [0.15, 0.2) is 0 Å². The molecule has 1 aromatic rings. The van der Waals surface area contributed by atoms with Crippen molar-refractivity contribution in [1.29, 1.82) is 0 Å². The van der Waals surface area contributed by atoms with E-state index in [1.807, 2.05) is 10.8 Å². The highest BCUT2D eigenvalue weighted by Crippen LogP contribution is 1.93. The number of nitrogens with one attached hydrogen (secondary N) is 1. The lowest BCUT2D eigenvalue weighted by atomic mass is 10.3. The predicted octanol–water partition coefficient (Wildman–Crippen LogP) is 0.127. The maximum atomic E-state index is 11.1. The van der Waals surface area contributed by atoms with E-state index in [4.69, 9.17) is 5.73 Å². The number of carbonyl (C=O) groups is 1. The zero-order valence-electron chi connectivity index (χ0n) is 9.02. The van der Waals surface area contributed by atoms with Crippen LogP contribution < -0.4 is 11.1 Å². The van der Waals surface area contributed by atoms with Crippen LogP contribution in [0.15, 0.2) is 18.7 Å². The molecule has 0 aliphatic carbocycles. The molecule has 1 amide bonds. The molecule has 0 unspecified atom stereocenters. The summed E-state index contributed by atoms with van der Waals surface area (Å²) in [5.41, 5.74) is 5.40. The molecule has 0 fully saturated rings. The molecule has 5 heteroatoms. The molecule has 15 heavy (non-hydrogen) atoms. The van der Waals surface area contributed by atoms with E-state index in [2.05, 4.69) is 10.3 Å². The Kier molecular flexibility index (Phi) is 4.83. The summed E-state index contributed by atoms with van der Waals surface area (Å²) in [6.45, 7) is 3.31. The summed E-state index contributed by atoms with van der Waals surface area (Å²) in [6.07, 6.45) is 7.46. The fourth-order valence-corrected chi connectivity index (χ4v) is 1.21. The van der Waals surface area contributed by atoms with Crippen LogP contribution in [0.4, 0.5) is 0 Å². The molecule has 3 N–H and O–H groups in total. The molecule has 1 atom stereocenters. The van der Waals surface area contributed by atoms with Gasteiger partial charge >= 0.3 is 0 Å². The van der Waals surface area contributed by atoms with E-state index < -0.39 is 6.04 Å². The number of nitrogens with zero attached hydrogens (tertiary/aromatic N) is 2. The van der Waals surface area contributed by atoms with Crippen molar-refractivity contribution in [3.63, 3.8) is 0 Å². The van der Waals surface area contributed by atoms with Crippen molar-refractivity contribution in [2.24, 2.45) is 5.73 Å². The van der Waals surface area contributed by atoms with Crippen LogP contribution in [0.5, 0.6) is 0 Å². The van der Waals surface area contributed by atoms with Crippen molar-refractivity contribution in [2.75, 3.05) is 6.54 Å². The smallest absolute Gasteiger partial charge is 0.236 e. The molecule has 0 aromatic carbocycles. The quantitative estimate of drug-likeness (QED) is 0.655. The average molecular weight is 210 g/mol. The third-order valence-electron chi connectivity index (χ3n) is 2.12. The van der Waals surface area contributed by atoms with Gasteiger partial charge in [0.25, 0.3) is 0 Å². The molecule has 1 rings (SSSR count). The minimum absolute atomic E-state index is 0.0855. The summed E-state index contributed by atoms with van der Waals surface area (Å²) in [6, 6.07) is -0.418. The van der Waals surface area contributed by atoms with Crippen LogP contribution in [0.1, 0.15) is 19.8 Å². The summed E-state index contributed by atoms with van der Waals surface area (Å²) in [4.78, 5) is 15.0. The topological polar surface area (TPSA) is 72.9 Å². The molecule has 0 bridgehead atoms. The SMILES string of the molecule is C[C@@H](N)C(=O)NCCCCn1ccnc1. The zero-order valence-corrected chi connectivity index (χ0v) is 9.02. The van der Waals surface area contributed by atoms with Gasteiger partial charge in [-0.25, -0.2) is 4.98 Å². The van der Waals surface area contributed by atoms with Crippen LogP contribution in [0, 0.1) is 0 Å². The van der Waals surface area contributed by atoms with E-state index in [1.165, 1.54) is 0 Å². The summed E-state index contributed by atoms with van der Waals surface area (Å²) in [7, 11) is 0. The maximum absolute atomic E-state index is 11.1. The first-order valence-corrected chi connectivity index (χ1v) is 5.19. The molecule has 0 saturated carbocycles. The fraction of sp³-hybridized carbons (Fsp3) is 0.600. The number of hydrogen-bond donors (Lipinski definition) is 2. The summed E-state index contributed by atoms with van der Waals surface area (Å²) in [5, 5.41) is 2.77. The molecule has 0 aliphatic rings. The first-order valence-electron chi connectivity index (χ1n) is 5.19. The number of hydrogen-bond acceptors (Lipinski definition) is 3. The van der Waals surface area contributed by atoms with Gasteiger partial charge in [-0.05, 0) is 19.8 Å². The van der Waals surface area contributed by atoms with E-state index in [9.17, 15) is 4.79 Å². The molecule has 84 valence electrons. The summed E-state index contributed by atoms with van der Waals surface area (Å²) < 4.78 is 2.02. The maximum Gasteiger partial charge on any atom is 0.236 e. The largest absolute Gasteiger partial charge is 0.355 e. The molecule has 0 aliphatic heterocycles. The third-order valence-corrected chi connectivity index (χ3v) is 2.12. The van der Waals surface area contributed by atoms with Crippen LogP contribution in [-0.4, -0.2) is 28.0 Å². The first-order chi connectivity index (χ1) is 7.20. The molecule has 0 radical (unpaired) electrons. The number of amides is 1. The van der Waals surface area contributed by atoms with E-state index in [-0.39, 0.29) is 5.91 Å². The Labute approximate surface area is 89.7 Å². The number of aryl methyl sites for hydroxylation is 1. The van der Waals surface area contributed by atoms with E-state index in [0.29, 0.717) is 6.54 Å². The number of imidazole rings is 1. The molecule has 1 heterocycles. The Hall–Kier alpha value is -1.36. The van der Waals surface area contributed by atoms with Gasteiger partial charge in [-0.2, -0.15) is 0 Å². The van der Waals surface area contributed by atoms with Crippen LogP contribution in [0.3, 0.4) is 0 Å². The Bertz CT molecular complexity index is 282. The number of carbonyl (C=O) groups excluding carboxylic acids is 1. The molecule has 0 spiro atoms. The van der Waals surface area contributed by atoms with Gasteiger partial charge in [0.05, 0.1) is 12.4 Å². The third kappa shape index (κ3) is 4.60. The normalized spacial score (nSPS) is 12.4. The number of aromatic nitrogens is 2. The fourth-order valence-electron chi connectivity index (χ4n) is 1.21. The Balaban J connectivity index is 2.00. The summed E-state index contributed by atoms with van der Waals surface area (Å²) in [5.74, 6) is -0.0855.